The highest BCUT2D eigenvalue weighted by Crippen LogP contribution is 2.40. The number of hydrogen-bond acceptors (Lipinski definition) is 7. The zero-order valence-electron chi connectivity index (χ0n) is 19.4. The molecular weight excluding hydrogens is 446 g/mol. The van der Waals surface area contributed by atoms with Crippen LogP contribution in [0.15, 0.2) is 67.3 Å². The van der Waals surface area contributed by atoms with Crippen LogP contribution in [0.5, 0.6) is 11.5 Å². The number of hydroxylamine groups is 1. The van der Waals surface area contributed by atoms with E-state index in [-0.39, 0.29) is 17.9 Å². The molecule has 1 aliphatic heterocycles. The van der Waals surface area contributed by atoms with Gasteiger partial charge in [0.2, 0.25) is 0 Å². The Labute approximate surface area is 203 Å². The van der Waals surface area contributed by atoms with Crippen LogP contribution in [-0.4, -0.2) is 42.7 Å². The maximum absolute atomic E-state index is 12.5. The van der Waals surface area contributed by atoms with Crippen LogP contribution in [0.1, 0.15) is 12.8 Å². The van der Waals surface area contributed by atoms with Gasteiger partial charge in [-0.2, -0.15) is 5.48 Å². The van der Waals surface area contributed by atoms with Crippen molar-refractivity contribution in [3.8, 4) is 22.8 Å². The molecule has 180 valence electrons. The Morgan fingerprint density at radius 1 is 1.14 bits per heavy atom. The molecule has 1 amide bonds. The summed E-state index contributed by atoms with van der Waals surface area (Å²) in [6.45, 7) is 4.16. The van der Waals surface area contributed by atoms with Gasteiger partial charge in [-0.1, -0.05) is 36.4 Å². The average Bonchev–Trinajstić information content (AvgIpc) is 3.55. The number of amides is 1. The lowest BCUT2D eigenvalue weighted by Gasteiger charge is -2.17. The van der Waals surface area contributed by atoms with Crippen molar-refractivity contribution in [1.29, 1.82) is 0 Å². The van der Waals surface area contributed by atoms with Gasteiger partial charge in [0.15, 0.2) is 0 Å². The first-order valence-corrected chi connectivity index (χ1v) is 11.6. The monoisotopic (exact) mass is 473 g/mol. The van der Waals surface area contributed by atoms with E-state index in [0.717, 1.165) is 22.2 Å². The Morgan fingerprint density at radius 3 is 2.71 bits per heavy atom. The SMILES string of the molecule is C=CC1CC1C(=O)ONC(=O)C1CC(Oc2cc(-c3ccccc3)nc3cc(OC)ccc23)CN1. The number of rotatable bonds is 7. The van der Waals surface area contributed by atoms with E-state index in [1.54, 1.807) is 13.2 Å². The van der Waals surface area contributed by atoms with Crippen LogP contribution in [0.4, 0.5) is 0 Å². The summed E-state index contributed by atoms with van der Waals surface area (Å²) in [5.74, 6) is 0.492. The van der Waals surface area contributed by atoms with E-state index >= 15 is 0 Å². The Bertz CT molecular complexity index is 1260. The summed E-state index contributed by atoms with van der Waals surface area (Å²) in [6, 6.07) is 16.9. The van der Waals surface area contributed by atoms with E-state index < -0.39 is 17.9 Å². The molecule has 35 heavy (non-hydrogen) atoms. The molecule has 0 radical (unpaired) electrons. The van der Waals surface area contributed by atoms with E-state index in [4.69, 9.17) is 19.3 Å². The van der Waals surface area contributed by atoms with Gasteiger partial charge in [0.1, 0.15) is 17.6 Å². The molecule has 2 N–H and O–H groups in total. The number of nitrogens with one attached hydrogen (secondary N) is 2. The Kier molecular flexibility index (Phi) is 6.37. The lowest BCUT2D eigenvalue weighted by Crippen LogP contribution is -2.41. The first kappa shape index (κ1) is 22.9. The number of benzene rings is 2. The molecule has 2 aromatic carbocycles. The number of allylic oxidation sites excluding steroid dienone is 1. The molecular formula is C27H27N3O5. The van der Waals surface area contributed by atoms with Crippen LogP contribution in [0.2, 0.25) is 0 Å². The zero-order chi connectivity index (χ0) is 24.4. The third kappa shape index (κ3) is 4.97. The molecule has 2 aliphatic rings. The molecule has 4 atom stereocenters. The summed E-state index contributed by atoms with van der Waals surface area (Å²) in [5, 5.41) is 4.00. The Balaban J connectivity index is 1.29. The normalized spacial score (nSPS) is 22.9. The van der Waals surface area contributed by atoms with E-state index in [1.165, 1.54) is 0 Å². The van der Waals surface area contributed by atoms with Gasteiger partial charge >= 0.3 is 5.97 Å². The molecule has 2 heterocycles. The van der Waals surface area contributed by atoms with Crippen LogP contribution < -0.4 is 20.3 Å². The number of nitrogens with zero attached hydrogens (tertiary/aromatic N) is 1. The topological polar surface area (TPSA) is 98.8 Å². The largest absolute Gasteiger partial charge is 0.497 e. The highest BCUT2D eigenvalue weighted by atomic mass is 16.7. The van der Waals surface area contributed by atoms with Crippen LogP contribution >= 0.6 is 0 Å². The number of aromatic nitrogens is 1. The molecule has 0 spiro atoms. The van der Waals surface area contributed by atoms with Crippen LogP contribution in [0, 0.1) is 11.8 Å². The first-order chi connectivity index (χ1) is 17.1. The number of ether oxygens (including phenoxy) is 2. The van der Waals surface area contributed by atoms with Crippen LogP contribution in [0.25, 0.3) is 22.2 Å². The summed E-state index contributed by atoms with van der Waals surface area (Å²) in [7, 11) is 1.62. The molecule has 0 bridgehead atoms. The fourth-order valence-corrected chi connectivity index (χ4v) is 4.32. The predicted octanol–water partition coefficient (Wildman–Crippen LogP) is 3.42. The molecule has 3 aromatic rings. The van der Waals surface area contributed by atoms with Crippen molar-refractivity contribution in [2.75, 3.05) is 13.7 Å². The van der Waals surface area contributed by atoms with Gasteiger partial charge in [0, 0.05) is 36.0 Å². The smallest absolute Gasteiger partial charge is 0.335 e. The number of pyridine rings is 1. The minimum absolute atomic E-state index is 0.137. The summed E-state index contributed by atoms with van der Waals surface area (Å²) in [6.07, 6.45) is 2.64. The molecule has 8 heteroatoms. The summed E-state index contributed by atoms with van der Waals surface area (Å²) in [5.41, 5.74) is 4.79. The fraction of sp³-hybridized carbons (Fsp3) is 0.296. The van der Waals surface area contributed by atoms with Gasteiger partial charge < -0.3 is 19.6 Å². The van der Waals surface area contributed by atoms with Crippen molar-refractivity contribution in [3.63, 3.8) is 0 Å². The van der Waals surface area contributed by atoms with Gasteiger partial charge in [-0.15, -0.1) is 6.58 Å². The Hall–Kier alpha value is -3.91. The Morgan fingerprint density at radius 2 is 1.97 bits per heavy atom. The van der Waals surface area contributed by atoms with Crippen molar-refractivity contribution < 1.29 is 23.9 Å². The molecule has 1 saturated carbocycles. The fourth-order valence-electron chi connectivity index (χ4n) is 4.32. The van der Waals surface area contributed by atoms with Gasteiger partial charge in [0.05, 0.1) is 30.3 Å². The molecule has 1 aliphatic carbocycles. The minimum Gasteiger partial charge on any atom is -0.497 e. The van der Waals surface area contributed by atoms with Crippen molar-refractivity contribution >= 4 is 22.8 Å². The first-order valence-electron chi connectivity index (χ1n) is 11.6. The standard InChI is InChI=1S/C27H27N3O5/c1-3-16-11-21(16)27(32)35-30-26(31)24-13-19(15-28-24)34-25-14-22(17-7-5-4-6-8-17)29-23-12-18(33-2)9-10-20(23)25/h3-10,12,14,16,19,21,24,28H,1,11,13,15H2,2H3,(H,30,31). The predicted molar refractivity (Wildman–Crippen MR) is 131 cm³/mol. The maximum Gasteiger partial charge on any atom is 0.335 e. The summed E-state index contributed by atoms with van der Waals surface area (Å²) in [4.78, 5) is 34.3. The van der Waals surface area contributed by atoms with Crippen molar-refractivity contribution in [1.82, 2.24) is 15.8 Å². The second kappa shape index (κ2) is 9.76. The average molecular weight is 474 g/mol. The van der Waals surface area contributed by atoms with Crippen LogP contribution in [0.3, 0.4) is 0 Å². The van der Waals surface area contributed by atoms with E-state index in [1.807, 2.05) is 54.6 Å². The second-order valence-electron chi connectivity index (χ2n) is 8.82. The third-order valence-corrected chi connectivity index (χ3v) is 6.45. The number of carbonyl (C=O) groups is 2. The van der Waals surface area contributed by atoms with Crippen molar-refractivity contribution in [2.24, 2.45) is 11.8 Å². The highest BCUT2D eigenvalue weighted by molar-refractivity contribution is 5.89. The molecule has 1 saturated heterocycles. The number of carbonyl (C=O) groups excluding carboxylic acids is 2. The minimum atomic E-state index is -0.524. The van der Waals surface area contributed by atoms with Gasteiger partial charge in [0.25, 0.3) is 5.91 Å². The molecule has 8 nitrogen and oxygen atoms in total. The summed E-state index contributed by atoms with van der Waals surface area (Å²) >= 11 is 0. The van der Waals surface area contributed by atoms with Crippen LogP contribution in [-0.2, 0) is 14.4 Å². The molecule has 4 unspecified atom stereocenters. The lowest BCUT2D eigenvalue weighted by atomic mass is 10.1. The van der Waals surface area contributed by atoms with E-state index in [2.05, 4.69) is 17.4 Å². The number of methoxy groups -OCH3 is 1. The lowest BCUT2D eigenvalue weighted by molar-refractivity contribution is -0.160. The quantitative estimate of drug-likeness (QED) is 0.401. The summed E-state index contributed by atoms with van der Waals surface area (Å²) < 4.78 is 11.7. The van der Waals surface area contributed by atoms with E-state index in [9.17, 15) is 9.59 Å². The maximum atomic E-state index is 12.5. The van der Waals surface area contributed by atoms with E-state index in [0.29, 0.717) is 30.9 Å². The molecule has 1 aromatic heterocycles. The van der Waals surface area contributed by atoms with Crippen molar-refractivity contribution in [3.05, 3.63) is 67.3 Å². The highest BCUT2D eigenvalue weighted by Gasteiger charge is 2.43. The van der Waals surface area contributed by atoms with Crippen molar-refractivity contribution in [2.45, 2.75) is 25.0 Å². The van der Waals surface area contributed by atoms with Gasteiger partial charge in [-0.3, -0.25) is 4.79 Å². The molecule has 2 fully saturated rings. The third-order valence-electron chi connectivity index (χ3n) is 6.45. The van der Waals surface area contributed by atoms with Gasteiger partial charge in [-0.05, 0) is 24.5 Å². The number of fused-ring (bicyclic) bond motifs is 1. The molecule has 5 rings (SSSR count). The second-order valence-corrected chi connectivity index (χ2v) is 8.82. The van der Waals surface area contributed by atoms with Gasteiger partial charge in [-0.25, -0.2) is 9.78 Å². The number of hydrogen-bond donors (Lipinski definition) is 2. The zero-order valence-corrected chi connectivity index (χ0v) is 19.4.